The minimum Gasteiger partial charge on any atom is -0.396 e. The minimum atomic E-state index is 0.232. The molecule has 0 aromatic rings. The smallest absolute Gasteiger partial charge is 0.0511 e. The van der Waals surface area contributed by atoms with E-state index in [-0.39, 0.29) is 5.41 Å². The quantitative estimate of drug-likeness (QED) is 0.638. The van der Waals surface area contributed by atoms with Crippen molar-refractivity contribution in [2.75, 3.05) is 19.7 Å². The van der Waals surface area contributed by atoms with Crippen LogP contribution in [0.1, 0.15) is 26.7 Å². The lowest BCUT2D eigenvalue weighted by atomic mass is 9.75. The Labute approximate surface area is 69.0 Å². The van der Waals surface area contributed by atoms with Gasteiger partial charge in [-0.1, -0.05) is 20.3 Å². The molecule has 0 spiro atoms. The molecule has 0 radical (unpaired) electrons. The molecule has 2 heteroatoms. The number of aliphatic hydroxyl groups is 1. The summed E-state index contributed by atoms with van der Waals surface area (Å²) in [7, 11) is 0. The van der Waals surface area contributed by atoms with Crippen LogP contribution >= 0.6 is 0 Å². The summed E-state index contributed by atoms with van der Waals surface area (Å²) in [5, 5.41) is 12.4. The summed E-state index contributed by atoms with van der Waals surface area (Å²) < 4.78 is 0. The molecule has 0 aliphatic carbocycles. The molecule has 1 fully saturated rings. The van der Waals surface area contributed by atoms with Crippen molar-refractivity contribution in [2.45, 2.75) is 26.7 Å². The first-order chi connectivity index (χ1) is 5.22. The fourth-order valence-corrected chi connectivity index (χ4v) is 1.68. The van der Waals surface area contributed by atoms with Crippen molar-refractivity contribution in [2.24, 2.45) is 11.3 Å². The van der Waals surface area contributed by atoms with Crippen LogP contribution in [0.5, 0.6) is 0 Å². The van der Waals surface area contributed by atoms with Crippen molar-refractivity contribution in [3.05, 3.63) is 0 Å². The highest BCUT2D eigenvalue weighted by molar-refractivity contribution is 4.92. The van der Waals surface area contributed by atoms with Crippen molar-refractivity contribution in [3.63, 3.8) is 0 Å². The van der Waals surface area contributed by atoms with Crippen molar-refractivity contribution in [3.8, 4) is 0 Å². The molecule has 11 heavy (non-hydrogen) atoms. The predicted octanol–water partition coefficient (Wildman–Crippen LogP) is 1.00. The molecular formula is C9H19NO. The second kappa shape index (κ2) is 3.55. The van der Waals surface area contributed by atoms with Crippen LogP contribution in [0.15, 0.2) is 0 Å². The van der Waals surface area contributed by atoms with Gasteiger partial charge in [-0.15, -0.1) is 0 Å². The fourth-order valence-electron chi connectivity index (χ4n) is 1.68. The first kappa shape index (κ1) is 9.01. The molecular weight excluding hydrogens is 138 g/mol. The second-order valence-corrected chi connectivity index (χ2v) is 3.98. The maximum Gasteiger partial charge on any atom is 0.0511 e. The summed E-state index contributed by atoms with van der Waals surface area (Å²) >= 11 is 0. The topological polar surface area (TPSA) is 32.3 Å². The maximum atomic E-state index is 9.14. The summed E-state index contributed by atoms with van der Waals surface area (Å²) in [6.45, 7) is 6.84. The highest BCUT2D eigenvalue weighted by Gasteiger charge is 2.36. The molecule has 1 unspecified atom stereocenters. The Morgan fingerprint density at radius 3 is 2.45 bits per heavy atom. The van der Waals surface area contributed by atoms with Gasteiger partial charge in [-0.3, -0.25) is 0 Å². The van der Waals surface area contributed by atoms with Gasteiger partial charge >= 0.3 is 0 Å². The van der Waals surface area contributed by atoms with Gasteiger partial charge in [0.05, 0.1) is 6.61 Å². The van der Waals surface area contributed by atoms with Gasteiger partial charge < -0.3 is 10.4 Å². The molecule has 1 rings (SSSR count). The Balaban J connectivity index is 2.32. The van der Waals surface area contributed by atoms with Gasteiger partial charge in [0, 0.05) is 18.5 Å². The Hall–Kier alpha value is -0.0800. The lowest BCUT2D eigenvalue weighted by molar-refractivity contribution is 0.0449. The third kappa shape index (κ3) is 1.94. The summed E-state index contributed by atoms with van der Waals surface area (Å²) in [6, 6.07) is 0. The summed E-state index contributed by atoms with van der Waals surface area (Å²) in [5.74, 6) is 0.754. The average molecular weight is 157 g/mol. The van der Waals surface area contributed by atoms with E-state index in [2.05, 4.69) is 19.2 Å². The minimum absolute atomic E-state index is 0.232. The molecule has 1 saturated heterocycles. The first-order valence-electron chi connectivity index (χ1n) is 4.54. The van der Waals surface area contributed by atoms with E-state index in [9.17, 15) is 0 Å². The van der Waals surface area contributed by atoms with E-state index in [1.807, 2.05) is 0 Å². The largest absolute Gasteiger partial charge is 0.396 e. The molecule has 1 aliphatic heterocycles. The molecule has 0 bridgehead atoms. The average Bonchev–Trinajstić information content (AvgIpc) is 1.96. The number of aliphatic hydroxyl groups excluding tert-OH is 1. The van der Waals surface area contributed by atoms with Gasteiger partial charge in [0.1, 0.15) is 0 Å². The normalized spacial score (nSPS) is 24.3. The van der Waals surface area contributed by atoms with E-state index in [4.69, 9.17) is 5.11 Å². The zero-order valence-electron chi connectivity index (χ0n) is 7.56. The SMILES string of the molecule is CCC(C)CC1(CO)CNC1. The predicted molar refractivity (Wildman–Crippen MR) is 46.5 cm³/mol. The molecule has 0 amide bonds. The van der Waals surface area contributed by atoms with Crippen LogP contribution in [0.3, 0.4) is 0 Å². The molecule has 1 aliphatic rings. The van der Waals surface area contributed by atoms with Crippen LogP contribution in [-0.2, 0) is 0 Å². The van der Waals surface area contributed by atoms with Gasteiger partial charge in [0.15, 0.2) is 0 Å². The summed E-state index contributed by atoms with van der Waals surface area (Å²) in [4.78, 5) is 0. The zero-order valence-corrected chi connectivity index (χ0v) is 7.56. The maximum absolute atomic E-state index is 9.14. The Morgan fingerprint density at radius 2 is 2.18 bits per heavy atom. The third-order valence-electron chi connectivity index (χ3n) is 2.81. The lowest BCUT2D eigenvalue weighted by Gasteiger charge is -2.42. The van der Waals surface area contributed by atoms with E-state index in [1.165, 1.54) is 12.8 Å². The summed E-state index contributed by atoms with van der Waals surface area (Å²) in [5.41, 5.74) is 0.232. The Morgan fingerprint density at radius 1 is 1.55 bits per heavy atom. The summed E-state index contributed by atoms with van der Waals surface area (Å²) in [6.07, 6.45) is 2.40. The van der Waals surface area contributed by atoms with Crippen molar-refractivity contribution >= 4 is 0 Å². The van der Waals surface area contributed by atoms with Crippen LogP contribution in [0.25, 0.3) is 0 Å². The van der Waals surface area contributed by atoms with Crippen LogP contribution in [0.2, 0.25) is 0 Å². The monoisotopic (exact) mass is 157 g/mol. The molecule has 0 saturated carbocycles. The third-order valence-corrected chi connectivity index (χ3v) is 2.81. The molecule has 0 aromatic carbocycles. The van der Waals surface area contributed by atoms with Crippen LogP contribution < -0.4 is 5.32 Å². The molecule has 1 heterocycles. The Bertz CT molecular complexity index is 115. The van der Waals surface area contributed by atoms with Gasteiger partial charge in [-0.05, 0) is 12.3 Å². The number of rotatable bonds is 4. The molecule has 2 N–H and O–H groups in total. The van der Waals surface area contributed by atoms with Gasteiger partial charge in [-0.25, -0.2) is 0 Å². The highest BCUT2D eigenvalue weighted by atomic mass is 16.3. The highest BCUT2D eigenvalue weighted by Crippen LogP contribution is 2.31. The second-order valence-electron chi connectivity index (χ2n) is 3.98. The number of hydrogen-bond donors (Lipinski definition) is 2. The van der Waals surface area contributed by atoms with Crippen LogP contribution in [0, 0.1) is 11.3 Å². The number of nitrogens with one attached hydrogen (secondary N) is 1. The van der Waals surface area contributed by atoms with E-state index in [0.29, 0.717) is 6.61 Å². The van der Waals surface area contributed by atoms with E-state index in [1.54, 1.807) is 0 Å². The van der Waals surface area contributed by atoms with Crippen molar-refractivity contribution in [1.82, 2.24) is 5.32 Å². The lowest BCUT2D eigenvalue weighted by Crippen LogP contribution is -2.56. The van der Waals surface area contributed by atoms with Crippen molar-refractivity contribution in [1.29, 1.82) is 0 Å². The van der Waals surface area contributed by atoms with Gasteiger partial charge in [0.25, 0.3) is 0 Å². The van der Waals surface area contributed by atoms with Crippen LogP contribution in [0.4, 0.5) is 0 Å². The first-order valence-corrected chi connectivity index (χ1v) is 4.54. The van der Waals surface area contributed by atoms with E-state index in [0.717, 1.165) is 19.0 Å². The van der Waals surface area contributed by atoms with E-state index >= 15 is 0 Å². The van der Waals surface area contributed by atoms with Crippen LogP contribution in [-0.4, -0.2) is 24.8 Å². The Kier molecular flexibility index (Phi) is 2.90. The molecule has 2 nitrogen and oxygen atoms in total. The standard InChI is InChI=1S/C9H19NO/c1-3-8(2)4-9(7-11)5-10-6-9/h8,10-11H,3-7H2,1-2H3. The number of hydrogen-bond acceptors (Lipinski definition) is 2. The molecule has 0 aromatic heterocycles. The zero-order chi connectivity index (χ0) is 8.32. The molecule has 1 atom stereocenters. The van der Waals surface area contributed by atoms with E-state index < -0.39 is 0 Å². The molecule has 66 valence electrons. The van der Waals surface area contributed by atoms with Gasteiger partial charge in [-0.2, -0.15) is 0 Å². The van der Waals surface area contributed by atoms with Gasteiger partial charge in [0.2, 0.25) is 0 Å². The van der Waals surface area contributed by atoms with Crippen molar-refractivity contribution < 1.29 is 5.11 Å². The fraction of sp³-hybridized carbons (Fsp3) is 1.00.